The van der Waals surface area contributed by atoms with Crippen LogP contribution in [0, 0.1) is 0 Å². The van der Waals surface area contributed by atoms with Gasteiger partial charge in [-0.3, -0.25) is 9.59 Å². The number of benzene rings is 2. The summed E-state index contributed by atoms with van der Waals surface area (Å²) in [5.41, 5.74) is -1.48. The second-order valence-corrected chi connectivity index (χ2v) is 5.83. The number of amides is 2. The molecule has 0 fully saturated rings. The number of alkyl halides is 3. The van der Waals surface area contributed by atoms with Gasteiger partial charge in [0.15, 0.2) is 6.61 Å². The summed E-state index contributed by atoms with van der Waals surface area (Å²) in [6, 6.07) is 10.9. The van der Waals surface area contributed by atoms with Crippen LogP contribution in [0.4, 0.5) is 13.2 Å². The quantitative estimate of drug-likeness (QED) is 0.701. The van der Waals surface area contributed by atoms with E-state index in [1.165, 1.54) is 12.1 Å². The first-order chi connectivity index (χ1) is 12.8. The van der Waals surface area contributed by atoms with E-state index >= 15 is 0 Å². The molecule has 0 saturated carbocycles. The van der Waals surface area contributed by atoms with Gasteiger partial charge in [0, 0.05) is 18.1 Å². The maximum atomic E-state index is 12.9. The van der Waals surface area contributed by atoms with Gasteiger partial charge in [-0.1, -0.05) is 23.7 Å². The van der Waals surface area contributed by atoms with Gasteiger partial charge in [-0.2, -0.15) is 13.2 Å². The first-order valence-electron chi connectivity index (χ1n) is 7.87. The largest absolute Gasteiger partial charge is 0.484 e. The number of hydrogen-bond donors (Lipinski definition) is 2. The third kappa shape index (κ3) is 6.49. The van der Waals surface area contributed by atoms with E-state index in [1.807, 2.05) is 0 Å². The number of carbonyl (C=O) groups excluding carboxylic acids is 2. The van der Waals surface area contributed by atoms with Crippen molar-refractivity contribution in [3.63, 3.8) is 0 Å². The molecule has 0 spiro atoms. The highest BCUT2D eigenvalue weighted by Crippen LogP contribution is 2.31. The highest BCUT2D eigenvalue weighted by atomic mass is 35.5. The van der Waals surface area contributed by atoms with Crippen LogP contribution in [0.3, 0.4) is 0 Å². The summed E-state index contributed by atoms with van der Waals surface area (Å²) >= 11 is 5.73. The third-order valence-corrected chi connectivity index (χ3v) is 3.65. The molecule has 2 rings (SSSR count). The monoisotopic (exact) mass is 400 g/mol. The summed E-state index contributed by atoms with van der Waals surface area (Å²) in [5, 5.41) is 5.36. The van der Waals surface area contributed by atoms with Crippen LogP contribution in [0.2, 0.25) is 5.02 Å². The van der Waals surface area contributed by atoms with Gasteiger partial charge in [-0.05, 0) is 36.4 Å². The fourth-order valence-electron chi connectivity index (χ4n) is 2.13. The summed E-state index contributed by atoms with van der Waals surface area (Å²) in [6.07, 6.45) is -4.62. The van der Waals surface area contributed by atoms with Crippen molar-refractivity contribution in [2.45, 2.75) is 6.18 Å². The Bertz CT molecular complexity index is 795. The second-order valence-electron chi connectivity index (χ2n) is 5.39. The van der Waals surface area contributed by atoms with Crippen molar-refractivity contribution < 1.29 is 27.5 Å². The third-order valence-electron chi connectivity index (χ3n) is 3.39. The summed E-state index contributed by atoms with van der Waals surface area (Å²) in [5.74, 6) is -0.837. The summed E-state index contributed by atoms with van der Waals surface area (Å²) in [4.78, 5) is 23.6. The molecule has 0 atom stereocenters. The first-order valence-corrected chi connectivity index (χ1v) is 8.24. The van der Waals surface area contributed by atoms with Gasteiger partial charge in [0.2, 0.25) is 0 Å². The molecule has 2 aromatic rings. The molecule has 0 heterocycles. The maximum Gasteiger partial charge on any atom is 0.417 e. The highest BCUT2D eigenvalue weighted by molar-refractivity contribution is 6.30. The molecule has 0 aromatic heterocycles. The molecule has 0 saturated heterocycles. The topological polar surface area (TPSA) is 67.4 Å². The Labute approximate surface area is 158 Å². The normalized spacial score (nSPS) is 11.0. The van der Waals surface area contributed by atoms with Gasteiger partial charge >= 0.3 is 6.18 Å². The fourth-order valence-corrected chi connectivity index (χ4v) is 2.26. The zero-order valence-corrected chi connectivity index (χ0v) is 14.7. The van der Waals surface area contributed by atoms with Gasteiger partial charge in [-0.15, -0.1) is 0 Å². The van der Waals surface area contributed by atoms with Crippen LogP contribution in [-0.2, 0) is 11.0 Å². The predicted molar refractivity (Wildman–Crippen MR) is 93.7 cm³/mol. The van der Waals surface area contributed by atoms with Crippen LogP contribution in [0.15, 0.2) is 48.5 Å². The minimum Gasteiger partial charge on any atom is -0.484 e. The number of carbonyl (C=O) groups is 2. The van der Waals surface area contributed by atoms with Crippen LogP contribution in [-0.4, -0.2) is 31.5 Å². The molecule has 9 heteroatoms. The first kappa shape index (κ1) is 20.6. The predicted octanol–water partition coefficient (Wildman–Crippen LogP) is 3.28. The Morgan fingerprint density at radius 3 is 2.26 bits per heavy atom. The van der Waals surface area contributed by atoms with Crippen molar-refractivity contribution in [3.8, 4) is 5.75 Å². The van der Waals surface area contributed by atoms with Crippen molar-refractivity contribution in [1.29, 1.82) is 0 Å². The summed E-state index contributed by atoms with van der Waals surface area (Å²) in [7, 11) is 0. The Morgan fingerprint density at radius 2 is 1.59 bits per heavy atom. The number of rotatable bonds is 7. The number of halogens is 4. The minimum atomic E-state index is -4.62. The van der Waals surface area contributed by atoms with E-state index in [4.69, 9.17) is 16.3 Å². The van der Waals surface area contributed by atoms with E-state index in [9.17, 15) is 22.8 Å². The van der Waals surface area contributed by atoms with Crippen molar-refractivity contribution in [3.05, 3.63) is 64.7 Å². The molecule has 0 aliphatic rings. The average Bonchev–Trinajstić information content (AvgIpc) is 2.64. The highest BCUT2D eigenvalue weighted by Gasteiger charge is 2.34. The van der Waals surface area contributed by atoms with E-state index in [0.717, 1.165) is 12.1 Å². The van der Waals surface area contributed by atoms with Crippen molar-refractivity contribution in [2.24, 2.45) is 0 Å². The second kappa shape index (κ2) is 9.27. The number of ether oxygens (including phenoxy) is 1. The van der Waals surface area contributed by atoms with Gasteiger partial charge in [-0.25, -0.2) is 0 Å². The molecule has 2 amide bonds. The van der Waals surface area contributed by atoms with Gasteiger partial charge in [0.25, 0.3) is 11.8 Å². The fraction of sp³-hybridized carbons (Fsp3) is 0.222. The SMILES string of the molecule is O=C(COc1ccc(Cl)cc1)NCCNC(=O)c1ccccc1C(F)(F)F. The van der Waals surface area contributed by atoms with E-state index in [2.05, 4.69) is 10.6 Å². The lowest BCUT2D eigenvalue weighted by Crippen LogP contribution is -2.37. The minimum absolute atomic E-state index is 0.0300. The summed E-state index contributed by atoms with van der Waals surface area (Å²) in [6.45, 7) is -0.229. The molecule has 5 nitrogen and oxygen atoms in total. The zero-order chi connectivity index (χ0) is 19.9. The molecular weight excluding hydrogens is 385 g/mol. The Hall–Kier alpha value is -2.74. The molecule has 2 N–H and O–H groups in total. The molecule has 27 heavy (non-hydrogen) atoms. The van der Waals surface area contributed by atoms with Crippen LogP contribution >= 0.6 is 11.6 Å². The van der Waals surface area contributed by atoms with Gasteiger partial charge < -0.3 is 15.4 Å². The molecule has 0 unspecified atom stereocenters. The molecule has 0 bridgehead atoms. The van der Waals surface area contributed by atoms with E-state index < -0.39 is 29.1 Å². The van der Waals surface area contributed by atoms with E-state index in [0.29, 0.717) is 10.8 Å². The van der Waals surface area contributed by atoms with Crippen LogP contribution in [0.1, 0.15) is 15.9 Å². The maximum absolute atomic E-state index is 12.9. The van der Waals surface area contributed by atoms with E-state index in [1.54, 1.807) is 24.3 Å². The van der Waals surface area contributed by atoms with Gasteiger partial charge in [0.05, 0.1) is 11.1 Å². The summed E-state index contributed by atoms with van der Waals surface area (Å²) < 4.78 is 43.9. The van der Waals surface area contributed by atoms with Crippen molar-refractivity contribution in [1.82, 2.24) is 10.6 Å². The smallest absolute Gasteiger partial charge is 0.417 e. The van der Waals surface area contributed by atoms with Crippen molar-refractivity contribution >= 4 is 23.4 Å². The number of nitrogens with one attached hydrogen (secondary N) is 2. The van der Waals surface area contributed by atoms with E-state index in [-0.39, 0.29) is 19.7 Å². The van der Waals surface area contributed by atoms with Crippen LogP contribution < -0.4 is 15.4 Å². The Morgan fingerprint density at radius 1 is 0.963 bits per heavy atom. The molecular formula is C18H16ClF3N2O3. The molecule has 0 aliphatic carbocycles. The molecule has 2 aromatic carbocycles. The number of hydrogen-bond acceptors (Lipinski definition) is 3. The lowest BCUT2D eigenvalue weighted by Gasteiger charge is -2.13. The zero-order valence-electron chi connectivity index (χ0n) is 14.0. The van der Waals surface area contributed by atoms with Crippen LogP contribution in [0.25, 0.3) is 0 Å². The lowest BCUT2D eigenvalue weighted by molar-refractivity contribution is -0.138. The molecule has 144 valence electrons. The standard InChI is InChI=1S/C18H16ClF3N2O3/c19-12-5-7-13(8-6-12)27-11-16(25)23-9-10-24-17(26)14-3-1-2-4-15(14)18(20,21)22/h1-8H,9-11H2,(H,23,25)(H,24,26). The average molecular weight is 401 g/mol. The molecule has 0 aliphatic heterocycles. The Balaban J connectivity index is 1.74. The van der Waals surface area contributed by atoms with Crippen molar-refractivity contribution in [2.75, 3.05) is 19.7 Å². The lowest BCUT2D eigenvalue weighted by atomic mass is 10.1. The van der Waals surface area contributed by atoms with Gasteiger partial charge in [0.1, 0.15) is 5.75 Å². The van der Waals surface area contributed by atoms with Crippen LogP contribution in [0.5, 0.6) is 5.75 Å². The Kier molecular flexibility index (Phi) is 7.06. The molecule has 0 radical (unpaired) electrons.